The summed E-state index contributed by atoms with van der Waals surface area (Å²) in [6.45, 7) is 5.41. The molecule has 0 aliphatic heterocycles. The standard InChI is InChI=1S/C22H31ClN4O2/c1-3-11-24-20(28)14-27(12-4-2)22(29)17-8-6-5-7-16(17)21-25-18-10-9-15(23)13-19(18)26-21/h9-10,13,16-17H,3-8,11-12,14H2,1-2H3,(H,24,28)(H,25,26)/t16-,17-/m1/s1. The molecule has 3 rings (SSSR count). The summed E-state index contributed by atoms with van der Waals surface area (Å²) in [5.74, 6) is 0.735. The molecule has 29 heavy (non-hydrogen) atoms. The summed E-state index contributed by atoms with van der Waals surface area (Å²) in [5, 5.41) is 3.54. The number of nitrogens with zero attached hydrogens (tertiary/aromatic N) is 2. The highest BCUT2D eigenvalue weighted by molar-refractivity contribution is 6.31. The Bertz CT molecular complexity index is 850. The van der Waals surface area contributed by atoms with Crippen LogP contribution in [0.15, 0.2) is 18.2 Å². The first kappa shape index (κ1) is 21.6. The Hall–Kier alpha value is -2.08. The first-order valence-corrected chi connectivity index (χ1v) is 11.1. The van der Waals surface area contributed by atoms with Gasteiger partial charge >= 0.3 is 0 Å². The molecule has 0 spiro atoms. The number of hydrogen-bond acceptors (Lipinski definition) is 3. The van der Waals surface area contributed by atoms with Crippen molar-refractivity contribution in [2.75, 3.05) is 19.6 Å². The van der Waals surface area contributed by atoms with Gasteiger partial charge in [-0.1, -0.05) is 38.3 Å². The van der Waals surface area contributed by atoms with Crippen molar-refractivity contribution >= 4 is 34.4 Å². The molecule has 2 aromatic rings. The fourth-order valence-electron chi connectivity index (χ4n) is 4.20. The number of H-pyrrole nitrogens is 1. The molecule has 1 aromatic heterocycles. The minimum absolute atomic E-state index is 0.0421. The van der Waals surface area contributed by atoms with Crippen molar-refractivity contribution in [1.82, 2.24) is 20.2 Å². The lowest BCUT2D eigenvalue weighted by Gasteiger charge is -2.33. The molecular weight excluding hydrogens is 388 g/mol. The Morgan fingerprint density at radius 2 is 2.03 bits per heavy atom. The molecule has 2 atom stereocenters. The fraction of sp³-hybridized carbons (Fsp3) is 0.591. The Morgan fingerprint density at radius 3 is 2.79 bits per heavy atom. The molecule has 1 fully saturated rings. The summed E-state index contributed by atoms with van der Waals surface area (Å²) < 4.78 is 0. The van der Waals surface area contributed by atoms with Crippen molar-refractivity contribution in [2.45, 2.75) is 58.3 Å². The smallest absolute Gasteiger partial charge is 0.239 e. The third-order valence-corrected chi connectivity index (χ3v) is 5.84. The highest BCUT2D eigenvalue weighted by Gasteiger charge is 2.36. The third-order valence-electron chi connectivity index (χ3n) is 5.61. The van der Waals surface area contributed by atoms with E-state index >= 15 is 0 Å². The summed E-state index contributed by atoms with van der Waals surface area (Å²) in [7, 11) is 0. The molecule has 1 aliphatic carbocycles. The van der Waals surface area contributed by atoms with E-state index < -0.39 is 0 Å². The van der Waals surface area contributed by atoms with Crippen LogP contribution in [0.3, 0.4) is 0 Å². The van der Waals surface area contributed by atoms with E-state index in [4.69, 9.17) is 16.6 Å². The van der Waals surface area contributed by atoms with Crippen LogP contribution in [0.4, 0.5) is 0 Å². The predicted octanol–water partition coefficient (Wildman–Crippen LogP) is 4.25. The number of carbonyl (C=O) groups excluding carboxylic acids is 2. The summed E-state index contributed by atoms with van der Waals surface area (Å²) in [5.41, 5.74) is 1.76. The van der Waals surface area contributed by atoms with Gasteiger partial charge in [0.2, 0.25) is 11.8 Å². The van der Waals surface area contributed by atoms with Gasteiger partial charge in [-0.05, 0) is 43.9 Å². The topological polar surface area (TPSA) is 78.1 Å². The summed E-state index contributed by atoms with van der Waals surface area (Å²) >= 11 is 6.11. The van der Waals surface area contributed by atoms with Crippen LogP contribution in [0.2, 0.25) is 5.02 Å². The van der Waals surface area contributed by atoms with Gasteiger partial charge in [0.25, 0.3) is 0 Å². The maximum Gasteiger partial charge on any atom is 0.239 e. The van der Waals surface area contributed by atoms with Gasteiger partial charge in [-0.3, -0.25) is 9.59 Å². The monoisotopic (exact) mass is 418 g/mol. The van der Waals surface area contributed by atoms with E-state index in [1.54, 1.807) is 4.90 Å². The second kappa shape index (κ2) is 10.1. The van der Waals surface area contributed by atoms with E-state index in [9.17, 15) is 9.59 Å². The summed E-state index contributed by atoms with van der Waals surface area (Å²) in [6.07, 6.45) is 5.57. The number of hydrogen-bond donors (Lipinski definition) is 2. The second-order valence-corrected chi connectivity index (χ2v) is 8.33. The zero-order valence-electron chi connectivity index (χ0n) is 17.3. The quantitative estimate of drug-likeness (QED) is 0.672. The minimum Gasteiger partial charge on any atom is -0.355 e. The second-order valence-electron chi connectivity index (χ2n) is 7.89. The molecule has 1 aliphatic rings. The van der Waals surface area contributed by atoms with Gasteiger partial charge in [0.15, 0.2) is 0 Å². The number of fused-ring (bicyclic) bond motifs is 1. The van der Waals surface area contributed by atoms with Crippen LogP contribution in [0.25, 0.3) is 11.0 Å². The molecule has 2 N–H and O–H groups in total. The van der Waals surface area contributed by atoms with E-state index in [0.29, 0.717) is 18.1 Å². The largest absolute Gasteiger partial charge is 0.355 e. The Morgan fingerprint density at radius 1 is 1.24 bits per heavy atom. The number of amides is 2. The average molecular weight is 419 g/mol. The van der Waals surface area contributed by atoms with Crippen molar-refractivity contribution in [3.63, 3.8) is 0 Å². The summed E-state index contributed by atoms with van der Waals surface area (Å²) in [4.78, 5) is 35.5. The number of aromatic amines is 1. The number of aromatic nitrogens is 2. The fourth-order valence-corrected chi connectivity index (χ4v) is 4.37. The molecule has 1 aromatic carbocycles. The molecular formula is C22H31ClN4O2. The van der Waals surface area contributed by atoms with Crippen LogP contribution in [0.1, 0.15) is 64.1 Å². The molecule has 0 bridgehead atoms. The highest BCUT2D eigenvalue weighted by atomic mass is 35.5. The maximum atomic E-state index is 13.4. The number of rotatable bonds is 8. The molecule has 0 radical (unpaired) electrons. The van der Waals surface area contributed by atoms with Crippen LogP contribution < -0.4 is 5.32 Å². The van der Waals surface area contributed by atoms with Gasteiger partial charge in [-0.2, -0.15) is 0 Å². The lowest BCUT2D eigenvalue weighted by molar-refractivity contribution is -0.141. The van der Waals surface area contributed by atoms with Crippen LogP contribution in [0.5, 0.6) is 0 Å². The van der Waals surface area contributed by atoms with Gasteiger partial charge in [-0.25, -0.2) is 4.98 Å². The van der Waals surface area contributed by atoms with Gasteiger partial charge < -0.3 is 15.2 Å². The summed E-state index contributed by atoms with van der Waals surface area (Å²) in [6, 6.07) is 5.60. The SMILES string of the molecule is CCCNC(=O)CN(CCC)C(=O)[C@@H]1CCCC[C@H]1c1nc2ccc(Cl)cc2[nH]1. The number of nitrogens with one attached hydrogen (secondary N) is 2. The van der Waals surface area contributed by atoms with Gasteiger partial charge in [0, 0.05) is 29.9 Å². The van der Waals surface area contributed by atoms with Crippen molar-refractivity contribution in [1.29, 1.82) is 0 Å². The first-order valence-electron chi connectivity index (χ1n) is 10.7. The lowest BCUT2D eigenvalue weighted by atomic mass is 9.78. The number of carbonyl (C=O) groups is 2. The highest BCUT2D eigenvalue weighted by Crippen LogP contribution is 2.38. The molecule has 1 heterocycles. The normalized spacial score (nSPS) is 19.3. The molecule has 7 heteroatoms. The van der Waals surface area contributed by atoms with Crippen molar-refractivity contribution in [3.05, 3.63) is 29.0 Å². The minimum atomic E-state index is -0.148. The van der Waals surface area contributed by atoms with Crippen LogP contribution in [-0.2, 0) is 9.59 Å². The Labute approximate surface area is 177 Å². The van der Waals surface area contributed by atoms with E-state index in [0.717, 1.165) is 55.4 Å². The van der Waals surface area contributed by atoms with E-state index in [1.165, 1.54) is 0 Å². The molecule has 0 saturated heterocycles. The van der Waals surface area contributed by atoms with Gasteiger partial charge in [-0.15, -0.1) is 0 Å². The molecule has 6 nitrogen and oxygen atoms in total. The van der Waals surface area contributed by atoms with Crippen molar-refractivity contribution in [2.24, 2.45) is 5.92 Å². The van der Waals surface area contributed by atoms with Crippen LogP contribution in [-0.4, -0.2) is 46.3 Å². The molecule has 0 unspecified atom stereocenters. The maximum absolute atomic E-state index is 13.4. The number of benzene rings is 1. The molecule has 1 saturated carbocycles. The zero-order valence-corrected chi connectivity index (χ0v) is 18.1. The van der Waals surface area contributed by atoms with Crippen LogP contribution >= 0.6 is 11.6 Å². The van der Waals surface area contributed by atoms with E-state index in [-0.39, 0.29) is 30.2 Å². The van der Waals surface area contributed by atoms with Gasteiger partial charge in [0.1, 0.15) is 5.82 Å². The van der Waals surface area contributed by atoms with Crippen LogP contribution in [0, 0.1) is 5.92 Å². The zero-order chi connectivity index (χ0) is 20.8. The third kappa shape index (κ3) is 5.30. The average Bonchev–Trinajstić information content (AvgIpc) is 3.14. The number of halogens is 1. The molecule has 2 amide bonds. The van der Waals surface area contributed by atoms with E-state index in [2.05, 4.69) is 10.3 Å². The first-order chi connectivity index (χ1) is 14.0. The van der Waals surface area contributed by atoms with Crippen molar-refractivity contribution < 1.29 is 9.59 Å². The van der Waals surface area contributed by atoms with E-state index in [1.807, 2.05) is 32.0 Å². The lowest BCUT2D eigenvalue weighted by Crippen LogP contribution is -2.45. The Balaban J connectivity index is 1.80. The van der Waals surface area contributed by atoms with Gasteiger partial charge in [0.05, 0.1) is 17.6 Å². The van der Waals surface area contributed by atoms with Crippen molar-refractivity contribution in [3.8, 4) is 0 Å². The number of imidazole rings is 1. The molecule has 158 valence electrons. The Kier molecular flexibility index (Phi) is 7.53. The predicted molar refractivity (Wildman–Crippen MR) is 116 cm³/mol.